The molecule has 0 spiro atoms. The second-order valence-electron chi connectivity index (χ2n) is 3.65. The fraction of sp³-hybridized carbons (Fsp3) is 0.400. The zero-order valence-electron chi connectivity index (χ0n) is 8.71. The van der Waals surface area contributed by atoms with E-state index in [-0.39, 0.29) is 11.5 Å². The lowest BCUT2D eigenvalue weighted by Crippen LogP contribution is -2.21. The first-order chi connectivity index (χ1) is 7.13. The van der Waals surface area contributed by atoms with Gasteiger partial charge in [0.2, 0.25) is 5.95 Å². The van der Waals surface area contributed by atoms with Crippen LogP contribution in [0.3, 0.4) is 0 Å². The fourth-order valence-electron chi connectivity index (χ4n) is 1.82. The Morgan fingerprint density at radius 3 is 3.07 bits per heavy atom. The molecule has 3 N–H and O–H groups in total. The Hall–Kier alpha value is -1.78. The molecule has 2 heterocycles. The minimum absolute atomic E-state index is 0.155. The molecular formula is C10H14N4O. The first-order valence-electron chi connectivity index (χ1n) is 4.97. The zero-order valence-corrected chi connectivity index (χ0v) is 8.71. The van der Waals surface area contributed by atoms with Crippen LogP contribution >= 0.6 is 0 Å². The average Bonchev–Trinajstić information content (AvgIpc) is 2.46. The van der Waals surface area contributed by atoms with E-state index in [1.54, 1.807) is 0 Å². The molecule has 0 aromatic carbocycles. The highest BCUT2D eigenvalue weighted by atomic mass is 16.1. The summed E-state index contributed by atoms with van der Waals surface area (Å²) in [5, 5.41) is 0. The summed E-state index contributed by atoms with van der Waals surface area (Å²) in [6.45, 7) is 6.82. The molecule has 1 aliphatic heterocycles. The highest BCUT2D eigenvalue weighted by Gasteiger charge is 2.26. The molecule has 0 fully saturated rings. The second kappa shape index (κ2) is 3.42. The van der Waals surface area contributed by atoms with Gasteiger partial charge in [0.1, 0.15) is 5.82 Å². The predicted octanol–water partition coefficient (Wildman–Crippen LogP) is 0.638. The highest BCUT2D eigenvalue weighted by molar-refractivity contribution is 5.60. The first kappa shape index (κ1) is 9.76. The number of allylic oxidation sites excluding steroid dienone is 1. The standard InChI is InChI=1S/C10H14N4O/c1-3-4-14-6(2)5-7-8(14)12-10(11)13-9(7)15/h2-5H2,1H3,(H3,11,12,13,15). The highest BCUT2D eigenvalue weighted by Crippen LogP contribution is 2.29. The average molecular weight is 206 g/mol. The van der Waals surface area contributed by atoms with Crippen molar-refractivity contribution in [2.24, 2.45) is 0 Å². The Bertz CT molecular complexity index is 463. The van der Waals surface area contributed by atoms with E-state index in [2.05, 4.69) is 23.5 Å². The van der Waals surface area contributed by atoms with Crippen molar-refractivity contribution in [2.45, 2.75) is 19.8 Å². The Balaban J connectivity index is 2.53. The number of nitrogens with two attached hydrogens (primary N) is 1. The Morgan fingerprint density at radius 2 is 2.40 bits per heavy atom. The van der Waals surface area contributed by atoms with Crippen LogP contribution in [0.1, 0.15) is 18.9 Å². The maximum atomic E-state index is 11.6. The molecule has 0 saturated heterocycles. The quantitative estimate of drug-likeness (QED) is 0.744. The number of hydrogen-bond acceptors (Lipinski definition) is 4. The van der Waals surface area contributed by atoms with Gasteiger partial charge in [0.25, 0.3) is 5.56 Å². The van der Waals surface area contributed by atoms with Crippen LogP contribution in [0.5, 0.6) is 0 Å². The van der Waals surface area contributed by atoms with Crippen LogP contribution in [-0.2, 0) is 6.42 Å². The van der Waals surface area contributed by atoms with Crippen LogP contribution in [0.25, 0.3) is 0 Å². The Labute approximate surface area is 87.6 Å². The topological polar surface area (TPSA) is 75.0 Å². The molecule has 0 unspecified atom stereocenters. The van der Waals surface area contributed by atoms with Gasteiger partial charge in [-0.1, -0.05) is 13.5 Å². The van der Waals surface area contributed by atoms with Gasteiger partial charge < -0.3 is 10.6 Å². The van der Waals surface area contributed by atoms with Crippen molar-refractivity contribution >= 4 is 11.8 Å². The summed E-state index contributed by atoms with van der Waals surface area (Å²) in [6.07, 6.45) is 1.55. The van der Waals surface area contributed by atoms with Gasteiger partial charge in [0, 0.05) is 18.7 Å². The second-order valence-corrected chi connectivity index (χ2v) is 3.65. The summed E-state index contributed by atoms with van der Waals surface area (Å²) >= 11 is 0. The van der Waals surface area contributed by atoms with E-state index in [0.29, 0.717) is 17.8 Å². The van der Waals surface area contributed by atoms with Gasteiger partial charge >= 0.3 is 0 Å². The molecule has 0 saturated carbocycles. The third kappa shape index (κ3) is 1.49. The van der Waals surface area contributed by atoms with Gasteiger partial charge in [-0.2, -0.15) is 4.98 Å². The number of aromatic nitrogens is 2. The number of anilines is 2. The number of H-pyrrole nitrogens is 1. The molecule has 1 aliphatic rings. The van der Waals surface area contributed by atoms with Crippen LogP contribution in [0.2, 0.25) is 0 Å². The molecule has 0 amide bonds. The third-order valence-corrected chi connectivity index (χ3v) is 2.48. The van der Waals surface area contributed by atoms with Gasteiger partial charge in [-0.05, 0) is 6.42 Å². The van der Waals surface area contributed by atoms with Gasteiger partial charge in [0.05, 0.1) is 5.56 Å². The lowest BCUT2D eigenvalue weighted by Gasteiger charge is -2.18. The molecule has 5 heteroatoms. The largest absolute Gasteiger partial charge is 0.369 e. The van der Waals surface area contributed by atoms with Gasteiger partial charge in [0.15, 0.2) is 0 Å². The number of nitrogens with zero attached hydrogens (tertiary/aromatic N) is 2. The molecule has 5 nitrogen and oxygen atoms in total. The minimum atomic E-state index is -0.155. The van der Waals surface area contributed by atoms with Gasteiger partial charge in [-0.3, -0.25) is 9.78 Å². The summed E-state index contributed by atoms with van der Waals surface area (Å²) in [4.78, 5) is 20.2. The SMILES string of the molecule is C=C1Cc2c(nc(N)[nH]c2=O)N1CCC. The number of fused-ring (bicyclic) bond motifs is 1. The number of aromatic amines is 1. The number of rotatable bonds is 2. The van der Waals surface area contributed by atoms with Crippen molar-refractivity contribution in [1.82, 2.24) is 9.97 Å². The first-order valence-corrected chi connectivity index (χ1v) is 4.97. The maximum absolute atomic E-state index is 11.6. The summed E-state index contributed by atoms with van der Waals surface area (Å²) in [6, 6.07) is 0. The van der Waals surface area contributed by atoms with Crippen molar-refractivity contribution in [3.05, 3.63) is 28.2 Å². The predicted molar refractivity (Wildman–Crippen MR) is 59.8 cm³/mol. The summed E-state index contributed by atoms with van der Waals surface area (Å²) < 4.78 is 0. The summed E-state index contributed by atoms with van der Waals surface area (Å²) in [7, 11) is 0. The van der Waals surface area contributed by atoms with E-state index in [1.807, 2.05) is 4.90 Å². The third-order valence-electron chi connectivity index (χ3n) is 2.48. The molecule has 15 heavy (non-hydrogen) atoms. The molecule has 2 rings (SSSR count). The molecular weight excluding hydrogens is 192 g/mol. The number of nitrogens with one attached hydrogen (secondary N) is 1. The van der Waals surface area contributed by atoms with Crippen molar-refractivity contribution < 1.29 is 0 Å². The molecule has 80 valence electrons. The van der Waals surface area contributed by atoms with E-state index in [0.717, 1.165) is 18.7 Å². The van der Waals surface area contributed by atoms with Crippen LogP contribution in [0.15, 0.2) is 17.1 Å². The van der Waals surface area contributed by atoms with Crippen molar-refractivity contribution in [3.8, 4) is 0 Å². The van der Waals surface area contributed by atoms with Crippen LogP contribution in [0, 0.1) is 0 Å². The molecule has 1 aromatic rings. The van der Waals surface area contributed by atoms with E-state index in [9.17, 15) is 4.79 Å². The molecule has 0 aliphatic carbocycles. The van der Waals surface area contributed by atoms with Crippen molar-refractivity contribution in [1.29, 1.82) is 0 Å². The van der Waals surface area contributed by atoms with E-state index < -0.39 is 0 Å². The Morgan fingerprint density at radius 1 is 1.67 bits per heavy atom. The van der Waals surface area contributed by atoms with Gasteiger partial charge in [-0.25, -0.2) is 0 Å². The zero-order chi connectivity index (χ0) is 11.0. The summed E-state index contributed by atoms with van der Waals surface area (Å²) in [5.74, 6) is 0.831. The monoisotopic (exact) mass is 206 g/mol. The van der Waals surface area contributed by atoms with Crippen molar-refractivity contribution in [2.75, 3.05) is 17.2 Å². The smallest absolute Gasteiger partial charge is 0.258 e. The number of hydrogen-bond donors (Lipinski definition) is 2. The molecule has 0 atom stereocenters. The fourth-order valence-corrected chi connectivity index (χ4v) is 1.82. The van der Waals surface area contributed by atoms with Gasteiger partial charge in [-0.15, -0.1) is 0 Å². The lowest BCUT2D eigenvalue weighted by atomic mass is 10.2. The lowest BCUT2D eigenvalue weighted by molar-refractivity contribution is 0.848. The summed E-state index contributed by atoms with van der Waals surface area (Å²) in [5.41, 5.74) is 6.94. The molecule has 0 radical (unpaired) electrons. The van der Waals surface area contributed by atoms with E-state index >= 15 is 0 Å². The van der Waals surface area contributed by atoms with Crippen LogP contribution < -0.4 is 16.2 Å². The molecule has 0 bridgehead atoms. The normalized spacial score (nSPS) is 14.5. The van der Waals surface area contributed by atoms with Crippen LogP contribution in [0.4, 0.5) is 11.8 Å². The van der Waals surface area contributed by atoms with E-state index in [4.69, 9.17) is 5.73 Å². The number of nitrogen functional groups attached to an aromatic ring is 1. The minimum Gasteiger partial charge on any atom is -0.369 e. The van der Waals surface area contributed by atoms with E-state index in [1.165, 1.54) is 0 Å². The van der Waals surface area contributed by atoms with Crippen LogP contribution in [-0.4, -0.2) is 16.5 Å². The van der Waals surface area contributed by atoms with Crippen molar-refractivity contribution in [3.63, 3.8) is 0 Å². The Kier molecular flexibility index (Phi) is 2.22. The molecule has 1 aromatic heterocycles. The maximum Gasteiger partial charge on any atom is 0.258 e.